The summed E-state index contributed by atoms with van der Waals surface area (Å²) in [6.07, 6.45) is 3.21. The van der Waals surface area contributed by atoms with E-state index in [9.17, 15) is 13.2 Å². The highest BCUT2D eigenvalue weighted by Gasteiger charge is 2.44. The van der Waals surface area contributed by atoms with Gasteiger partial charge in [0.2, 0.25) is 0 Å². The van der Waals surface area contributed by atoms with E-state index in [0.717, 1.165) is 19.3 Å². The summed E-state index contributed by atoms with van der Waals surface area (Å²) < 4.78 is 28.3. The maximum Gasteiger partial charge on any atom is 0.321 e. The van der Waals surface area contributed by atoms with E-state index in [4.69, 9.17) is 5.11 Å². The Morgan fingerprint density at radius 1 is 1.42 bits per heavy atom. The molecule has 1 aliphatic carbocycles. The third kappa shape index (κ3) is 3.27. The van der Waals surface area contributed by atoms with Crippen molar-refractivity contribution < 1.29 is 18.3 Å². The summed E-state index contributed by atoms with van der Waals surface area (Å²) in [5, 5.41) is 9.11. The molecule has 0 radical (unpaired) electrons. The number of rotatable bonds is 6. The molecule has 2 unspecified atom stereocenters. The van der Waals surface area contributed by atoms with Gasteiger partial charge in [-0.15, -0.1) is 0 Å². The predicted octanol–water partition coefficient (Wildman–Crippen LogP) is 0.804. The van der Waals surface area contributed by atoms with Gasteiger partial charge in [0.1, 0.15) is 6.04 Å². The van der Waals surface area contributed by atoms with Crippen molar-refractivity contribution in [2.24, 2.45) is 11.8 Å². The lowest BCUT2D eigenvalue weighted by molar-refractivity contribution is -0.139. The fourth-order valence-electron chi connectivity index (χ4n) is 3.09. The second-order valence-corrected chi connectivity index (χ2v) is 7.70. The molecule has 0 amide bonds. The molecule has 2 aliphatic rings. The molecule has 1 saturated carbocycles. The highest BCUT2D eigenvalue weighted by atomic mass is 32.2. The van der Waals surface area contributed by atoms with Gasteiger partial charge in [0, 0.05) is 12.6 Å². The summed E-state index contributed by atoms with van der Waals surface area (Å²) in [4.78, 5) is 11.1. The third-order valence-electron chi connectivity index (χ3n) is 3.96. The molecule has 1 saturated heterocycles. The number of nitrogens with zero attached hydrogens (tertiary/aromatic N) is 1. The van der Waals surface area contributed by atoms with E-state index in [1.54, 1.807) is 0 Å². The molecule has 6 nitrogen and oxygen atoms in total. The Labute approximate surface area is 114 Å². The molecule has 7 heteroatoms. The van der Waals surface area contributed by atoms with Crippen molar-refractivity contribution in [2.45, 2.75) is 51.6 Å². The van der Waals surface area contributed by atoms with Crippen LogP contribution in [0.4, 0.5) is 0 Å². The largest absolute Gasteiger partial charge is 0.480 e. The lowest BCUT2D eigenvalue weighted by atomic mass is 10.1. The zero-order valence-corrected chi connectivity index (χ0v) is 12.2. The fraction of sp³-hybridized carbons (Fsp3) is 0.917. The first-order chi connectivity index (χ1) is 8.79. The van der Waals surface area contributed by atoms with Crippen LogP contribution < -0.4 is 4.72 Å². The van der Waals surface area contributed by atoms with E-state index in [-0.39, 0.29) is 12.0 Å². The summed E-state index contributed by atoms with van der Waals surface area (Å²) in [5.74, 6) is -0.532. The standard InChI is InChI=1S/C12H22N2O4S/c1-8(2)5-11(12(15)16)13-19(17,18)14-7-9-3-4-10(14)6-9/h8-11,13H,3-7H2,1-2H3,(H,15,16)/t9?,10?,11-/m0/s1. The number of hydrogen-bond acceptors (Lipinski definition) is 3. The van der Waals surface area contributed by atoms with Gasteiger partial charge in [0.05, 0.1) is 0 Å². The molecule has 1 heterocycles. The Balaban J connectivity index is 2.05. The van der Waals surface area contributed by atoms with Gasteiger partial charge in [-0.05, 0) is 37.5 Å². The van der Waals surface area contributed by atoms with Crippen LogP contribution in [0.2, 0.25) is 0 Å². The van der Waals surface area contributed by atoms with Gasteiger partial charge in [0.25, 0.3) is 10.2 Å². The minimum Gasteiger partial charge on any atom is -0.480 e. The van der Waals surface area contributed by atoms with E-state index in [1.807, 2.05) is 13.8 Å². The fourth-order valence-corrected chi connectivity index (χ4v) is 4.78. The van der Waals surface area contributed by atoms with Crippen molar-refractivity contribution >= 4 is 16.2 Å². The second-order valence-electron chi connectivity index (χ2n) is 6.05. The summed E-state index contributed by atoms with van der Waals surface area (Å²) in [6.45, 7) is 4.29. The van der Waals surface area contributed by atoms with Gasteiger partial charge in [-0.1, -0.05) is 13.8 Å². The lowest BCUT2D eigenvalue weighted by Crippen LogP contribution is -2.50. The maximum absolute atomic E-state index is 12.3. The number of fused-ring (bicyclic) bond motifs is 2. The zero-order chi connectivity index (χ0) is 14.2. The smallest absolute Gasteiger partial charge is 0.321 e. The van der Waals surface area contributed by atoms with Crippen LogP contribution in [0.1, 0.15) is 39.5 Å². The molecule has 2 N–H and O–H groups in total. The Bertz CT molecular complexity index is 449. The third-order valence-corrected chi connectivity index (χ3v) is 5.61. The molecule has 2 fully saturated rings. The van der Waals surface area contributed by atoms with Crippen LogP contribution in [0.25, 0.3) is 0 Å². The van der Waals surface area contributed by atoms with Crippen LogP contribution in [-0.4, -0.2) is 42.4 Å². The summed E-state index contributed by atoms with van der Waals surface area (Å²) >= 11 is 0. The molecule has 0 aromatic rings. The number of aliphatic carboxylic acids is 1. The molecule has 3 atom stereocenters. The Hall–Kier alpha value is -0.660. The van der Waals surface area contributed by atoms with Gasteiger partial charge < -0.3 is 5.11 Å². The molecule has 0 aromatic carbocycles. The van der Waals surface area contributed by atoms with Crippen LogP contribution in [0.15, 0.2) is 0 Å². The number of hydrogen-bond donors (Lipinski definition) is 2. The number of carbonyl (C=O) groups is 1. The monoisotopic (exact) mass is 290 g/mol. The Morgan fingerprint density at radius 3 is 2.53 bits per heavy atom. The quantitative estimate of drug-likeness (QED) is 0.757. The van der Waals surface area contributed by atoms with Crippen LogP contribution in [0, 0.1) is 11.8 Å². The minimum absolute atomic E-state index is 0.0657. The zero-order valence-electron chi connectivity index (χ0n) is 11.4. The van der Waals surface area contributed by atoms with E-state index in [1.165, 1.54) is 4.31 Å². The average molecular weight is 290 g/mol. The first kappa shape index (κ1) is 14.7. The number of carboxylic acid groups (broad SMARTS) is 1. The van der Waals surface area contributed by atoms with E-state index < -0.39 is 22.2 Å². The van der Waals surface area contributed by atoms with Crippen molar-refractivity contribution in [3.8, 4) is 0 Å². The van der Waals surface area contributed by atoms with Crippen LogP contribution in [0.5, 0.6) is 0 Å². The van der Waals surface area contributed by atoms with Gasteiger partial charge in [-0.2, -0.15) is 17.4 Å². The van der Waals surface area contributed by atoms with Crippen molar-refractivity contribution in [1.82, 2.24) is 9.03 Å². The van der Waals surface area contributed by atoms with Crippen LogP contribution in [-0.2, 0) is 15.0 Å². The predicted molar refractivity (Wildman–Crippen MR) is 70.8 cm³/mol. The molecule has 2 bridgehead atoms. The Kier molecular flexibility index (Phi) is 4.17. The summed E-state index contributed by atoms with van der Waals surface area (Å²) in [6, 6.07) is -0.972. The number of piperidine rings is 1. The van der Waals surface area contributed by atoms with Crippen LogP contribution >= 0.6 is 0 Å². The van der Waals surface area contributed by atoms with Crippen molar-refractivity contribution in [2.75, 3.05) is 6.54 Å². The molecule has 2 rings (SSSR count). The molecule has 0 spiro atoms. The van der Waals surface area contributed by atoms with Crippen molar-refractivity contribution in [3.63, 3.8) is 0 Å². The second kappa shape index (κ2) is 5.38. The maximum atomic E-state index is 12.3. The van der Waals surface area contributed by atoms with Crippen LogP contribution in [0.3, 0.4) is 0 Å². The molecular formula is C12H22N2O4S. The number of carboxylic acids is 1. The van der Waals surface area contributed by atoms with Crippen molar-refractivity contribution in [1.29, 1.82) is 0 Å². The van der Waals surface area contributed by atoms with E-state index in [0.29, 0.717) is 18.9 Å². The average Bonchev–Trinajstić information content (AvgIpc) is 2.88. The van der Waals surface area contributed by atoms with E-state index >= 15 is 0 Å². The van der Waals surface area contributed by atoms with Gasteiger partial charge >= 0.3 is 5.97 Å². The first-order valence-electron chi connectivity index (χ1n) is 6.81. The molecule has 19 heavy (non-hydrogen) atoms. The summed E-state index contributed by atoms with van der Waals surface area (Å²) in [7, 11) is -3.68. The number of nitrogens with one attached hydrogen (secondary N) is 1. The highest BCUT2D eigenvalue weighted by molar-refractivity contribution is 7.87. The Morgan fingerprint density at radius 2 is 2.11 bits per heavy atom. The lowest BCUT2D eigenvalue weighted by Gasteiger charge is -2.28. The molecule has 1 aliphatic heterocycles. The first-order valence-corrected chi connectivity index (χ1v) is 8.25. The van der Waals surface area contributed by atoms with E-state index in [2.05, 4.69) is 4.72 Å². The van der Waals surface area contributed by atoms with Gasteiger partial charge in [-0.3, -0.25) is 4.79 Å². The molecule has 110 valence electrons. The molecule has 0 aromatic heterocycles. The normalized spacial score (nSPS) is 29.0. The summed E-state index contributed by atoms with van der Waals surface area (Å²) in [5.41, 5.74) is 0. The minimum atomic E-state index is -3.68. The van der Waals surface area contributed by atoms with Crippen molar-refractivity contribution in [3.05, 3.63) is 0 Å². The SMILES string of the molecule is CC(C)C[C@H](NS(=O)(=O)N1CC2CCC1C2)C(=O)O. The molecular weight excluding hydrogens is 268 g/mol. The topological polar surface area (TPSA) is 86.7 Å². The van der Waals surface area contributed by atoms with Gasteiger partial charge in [-0.25, -0.2) is 0 Å². The van der Waals surface area contributed by atoms with Gasteiger partial charge in [0.15, 0.2) is 0 Å². The highest BCUT2D eigenvalue weighted by Crippen LogP contribution is 2.38.